The Bertz CT molecular complexity index is 498. The Morgan fingerprint density at radius 2 is 2.29 bits per heavy atom. The highest BCUT2D eigenvalue weighted by Gasteiger charge is 2.20. The molecule has 1 unspecified atom stereocenters. The molecule has 0 saturated heterocycles. The average molecular weight is 249 g/mol. The van der Waals surface area contributed by atoms with Crippen LogP contribution in [0.4, 0.5) is 0 Å². The number of methoxy groups -OCH3 is 1. The van der Waals surface area contributed by atoms with Gasteiger partial charge in [-0.25, -0.2) is 10.4 Å². The fourth-order valence-corrected chi connectivity index (χ4v) is 2.78. The van der Waals surface area contributed by atoms with Crippen LogP contribution in [0.25, 0.3) is 0 Å². The topological polar surface area (TPSA) is 60.2 Å². The van der Waals surface area contributed by atoms with Gasteiger partial charge < -0.3 is 4.74 Å². The minimum Gasteiger partial charge on any atom is -0.481 e. The van der Waals surface area contributed by atoms with E-state index >= 15 is 0 Å². The summed E-state index contributed by atoms with van der Waals surface area (Å²) in [6.45, 7) is 2.07. The van der Waals surface area contributed by atoms with E-state index in [1.165, 1.54) is 10.4 Å². The third kappa shape index (κ3) is 2.31. The third-order valence-electron chi connectivity index (χ3n) is 2.64. The molecule has 2 aromatic heterocycles. The van der Waals surface area contributed by atoms with Gasteiger partial charge in [-0.05, 0) is 30.0 Å². The first kappa shape index (κ1) is 12.0. The van der Waals surface area contributed by atoms with Crippen LogP contribution in [0.5, 0.6) is 5.88 Å². The van der Waals surface area contributed by atoms with Crippen LogP contribution in [0.15, 0.2) is 29.8 Å². The van der Waals surface area contributed by atoms with E-state index in [0.29, 0.717) is 5.88 Å². The van der Waals surface area contributed by atoms with Gasteiger partial charge in [-0.2, -0.15) is 0 Å². The second kappa shape index (κ2) is 5.27. The second-order valence-electron chi connectivity index (χ2n) is 3.67. The highest BCUT2D eigenvalue weighted by Crippen LogP contribution is 2.32. The molecular weight excluding hydrogens is 234 g/mol. The lowest BCUT2D eigenvalue weighted by atomic mass is 10.1. The minimum atomic E-state index is -0.0846. The van der Waals surface area contributed by atoms with Gasteiger partial charge in [0, 0.05) is 16.6 Å². The summed E-state index contributed by atoms with van der Waals surface area (Å²) in [4.78, 5) is 5.37. The molecule has 3 N–H and O–H groups in total. The normalized spacial score (nSPS) is 12.4. The summed E-state index contributed by atoms with van der Waals surface area (Å²) in [5, 5.41) is 2.05. The molecule has 0 amide bonds. The zero-order valence-electron chi connectivity index (χ0n) is 9.81. The number of nitrogens with zero attached hydrogens (tertiary/aromatic N) is 1. The molecule has 0 fully saturated rings. The monoisotopic (exact) mass is 249 g/mol. The number of nitrogens with one attached hydrogen (secondary N) is 1. The second-order valence-corrected chi connectivity index (χ2v) is 4.62. The summed E-state index contributed by atoms with van der Waals surface area (Å²) < 4.78 is 5.26. The van der Waals surface area contributed by atoms with Crippen molar-refractivity contribution in [2.75, 3.05) is 7.11 Å². The number of hydrazine groups is 1. The van der Waals surface area contributed by atoms with Crippen molar-refractivity contribution < 1.29 is 4.74 Å². The van der Waals surface area contributed by atoms with E-state index in [1.807, 2.05) is 12.1 Å². The van der Waals surface area contributed by atoms with Crippen LogP contribution in [0.1, 0.15) is 22.0 Å². The lowest BCUT2D eigenvalue weighted by molar-refractivity contribution is 0.387. The zero-order valence-corrected chi connectivity index (χ0v) is 10.6. The van der Waals surface area contributed by atoms with Crippen molar-refractivity contribution in [3.8, 4) is 5.88 Å². The summed E-state index contributed by atoms with van der Waals surface area (Å²) >= 11 is 1.67. The Morgan fingerprint density at radius 1 is 1.47 bits per heavy atom. The molecule has 90 valence electrons. The number of hydrogen-bond acceptors (Lipinski definition) is 5. The largest absolute Gasteiger partial charge is 0.481 e. The number of aryl methyl sites for hydroxylation is 1. The van der Waals surface area contributed by atoms with Crippen molar-refractivity contribution in [1.82, 2.24) is 10.4 Å². The van der Waals surface area contributed by atoms with Crippen LogP contribution >= 0.6 is 11.3 Å². The third-order valence-corrected chi connectivity index (χ3v) is 3.72. The Labute approximate surface area is 104 Å². The van der Waals surface area contributed by atoms with Crippen LogP contribution < -0.4 is 16.0 Å². The predicted molar refractivity (Wildman–Crippen MR) is 69.0 cm³/mol. The quantitative estimate of drug-likeness (QED) is 0.643. The van der Waals surface area contributed by atoms with Gasteiger partial charge in [0.05, 0.1) is 13.2 Å². The van der Waals surface area contributed by atoms with Gasteiger partial charge in [-0.3, -0.25) is 5.84 Å². The van der Waals surface area contributed by atoms with Gasteiger partial charge in [-0.15, -0.1) is 11.3 Å². The van der Waals surface area contributed by atoms with E-state index in [1.54, 1.807) is 24.6 Å². The Balaban J connectivity index is 2.46. The molecule has 0 aliphatic rings. The molecule has 0 aliphatic carbocycles. The number of aromatic nitrogens is 1. The van der Waals surface area contributed by atoms with E-state index in [0.717, 1.165) is 5.56 Å². The maximum absolute atomic E-state index is 5.66. The van der Waals surface area contributed by atoms with Crippen molar-refractivity contribution in [2.24, 2.45) is 5.84 Å². The van der Waals surface area contributed by atoms with Crippen molar-refractivity contribution in [2.45, 2.75) is 13.0 Å². The zero-order chi connectivity index (χ0) is 12.3. The molecule has 0 bridgehead atoms. The number of hydrogen-bond donors (Lipinski definition) is 2. The number of thiophene rings is 1. The summed E-state index contributed by atoms with van der Waals surface area (Å²) in [5.74, 6) is 6.26. The summed E-state index contributed by atoms with van der Waals surface area (Å²) in [5.41, 5.74) is 4.99. The van der Waals surface area contributed by atoms with Gasteiger partial charge in [0.25, 0.3) is 0 Å². The molecular formula is C12H15N3OS. The van der Waals surface area contributed by atoms with Gasteiger partial charge in [-0.1, -0.05) is 6.07 Å². The molecule has 0 aromatic carbocycles. The van der Waals surface area contributed by atoms with Crippen LogP contribution in [0.2, 0.25) is 0 Å². The molecule has 2 aromatic rings. The molecule has 17 heavy (non-hydrogen) atoms. The highest BCUT2D eigenvalue weighted by molar-refractivity contribution is 7.10. The number of nitrogens with two attached hydrogens (primary N) is 1. The van der Waals surface area contributed by atoms with E-state index in [9.17, 15) is 0 Å². The number of rotatable bonds is 4. The Morgan fingerprint density at radius 3 is 2.88 bits per heavy atom. The van der Waals surface area contributed by atoms with Crippen molar-refractivity contribution in [3.63, 3.8) is 0 Å². The van der Waals surface area contributed by atoms with E-state index in [-0.39, 0.29) is 6.04 Å². The van der Waals surface area contributed by atoms with Crippen molar-refractivity contribution >= 4 is 11.3 Å². The fourth-order valence-electron chi connectivity index (χ4n) is 1.78. The smallest absolute Gasteiger partial charge is 0.218 e. The van der Waals surface area contributed by atoms with Crippen LogP contribution in [0.3, 0.4) is 0 Å². The highest BCUT2D eigenvalue weighted by atomic mass is 32.1. The van der Waals surface area contributed by atoms with E-state index in [4.69, 9.17) is 10.6 Å². The van der Waals surface area contributed by atoms with Crippen LogP contribution in [-0.4, -0.2) is 12.1 Å². The molecule has 0 aliphatic heterocycles. The minimum absolute atomic E-state index is 0.0846. The number of pyridine rings is 1. The van der Waals surface area contributed by atoms with Gasteiger partial charge in [0.2, 0.25) is 5.88 Å². The molecule has 5 heteroatoms. The summed E-state index contributed by atoms with van der Waals surface area (Å²) in [6, 6.07) is 5.84. The lowest BCUT2D eigenvalue weighted by Crippen LogP contribution is -2.29. The summed E-state index contributed by atoms with van der Waals surface area (Å²) in [6.07, 6.45) is 1.71. The average Bonchev–Trinajstić information content (AvgIpc) is 2.78. The van der Waals surface area contributed by atoms with Crippen molar-refractivity contribution in [1.29, 1.82) is 0 Å². The first-order valence-electron chi connectivity index (χ1n) is 5.27. The molecule has 0 saturated carbocycles. The molecule has 4 nitrogen and oxygen atoms in total. The Hall–Kier alpha value is -1.43. The van der Waals surface area contributed by atoms with Crippen LogP contribution in [-0.2, 0) is 0 Å². The molecule has 0 spiro atoms. The lowest BCUT2D eigenvalue weighted by Gasteiger charge is -2.17. The number of ether oxygens (including phenoxy) is 1. The maximum Gasteiger partial charge on any atom is 0.218 e. The van der Waals surface area contributed by atoms with Gasteiger partial charge in [0.15, 0.2) is 0 Å². The van der Waals surface area contributed by atoms with E-state index < -0.39 is 0 Å². The van der Waals surface area contributed by atoms with Gasteiger partial charge in [0.1, 0.15) is 0 Å². The maximum atomic E-state index is 5.66. The molecule has 2 heterocycles. The first-order chi connectivity index (χ1) is 8.27. The van der Waals surface area contributed by atoms with Crippen LogP contribution in [0, 0.1) is 6.92 Å². The van der Waals surface area contributed by atoms with E-state index in [2.05, 4.69) is 28.8 Å². The Kier molecular flexibility index (Phi) is 3.73. The predicted octanol–water partition coefficient (Wildman–Crippen LogP) is 2.01. The molecule has 2 rings (SSSR count). The summed E-state index contributed by atoms with van der Waals surface area (Å²) in [7, 11) is 1.61. The standard InChI is InChI=1S/C12H15N3OS/c1-8-5-7-17-11(8)10(15-13)9-4-3-6-14-12(9)16-2/h3-7,10,15H,13H2,1-2H3. The van der Waals surface area contributed by atoms with Gasteiger partial charge >= 0.3 is 0 Å². The van der Waals surface area contributed by atoms with Crippen molar-refractivity contribution in [3.05, 3.63) is 45.8 Å². The first-order valence-corrected chi connectivity index (χ1v) is 6.15. The molecule has 0 radical (unpaired) electrons. The fraction of sp³-hybridized carbons (Fsp3) is 0.250. The molecule has 1 atom stereocenters. The SMILES string of the molecule is COc1ncccc1C(NN)c1sccc1C.